The largest absolute Gasteiger partial charge is 0.462 e. The maximum absolute atomic E-state index is 12.8. The van der Waals surface area contributed by atoms with Crippen molar-refractivity contribution in [3.63, 3.8) is 0 Å². The number of esters is 1. The summed E-state index contributed by atoms with van der Waals surface area (Å²) in [5.41, 5.74) is 1.41. The minimum absolute atomic E-state index is 0.268. The van der Waals surface area contributed by atoms with Crippen LogP contribution in [-0.2, 0) is 17.8 Å². The molecule has 0 saturated heterocycles. The Kier molecular flexibility index (Phi) is 8.33. The van der Waals surface area contributed by atoms with Crippen molar-refractivity contribution in [2.45, 2.75) is 45.9 Å². The summed E-state index contributed by atoms with van der Waals surface area (Å²) in [5, 5.41) is 10.9. The number of aryl methyl sites for hydroxylation is 1. The number of aromatic nitrogens is 2. The highest BCUT2D eigenvalue weighted by molar-refractivity contribution is 7.20. The van der Waals surface area contributed by atoms with Crippen molar-refractivity contribution in [2.24, 2.45) is 0 Å². The molecule has 2 heterocycles. The van der Waals surface area contributed by atoms with Gasteiger partial charge in [0.2, 0.25) is 0 Å². The Morgan fingerprint density at radius 3 is 2.78 bits per heavy atom. The Morgan fingerprint density at radius 1 is 1.34 bits per heavy atom. The summed E-state index contributed by atoms with van der Waals surface area (Å²) >= 11 is 1.17. The molecule has 7 nitrogen and oxygen atoms in total. The van der Waals surface area contributed by atoms with E-state index in [4.69, 9.17) is 4.74 Å². The number of fused-ring (bicyclic) bond motifs is 1. The molecule has 2 aromatic heterocycles. The van der Waals surface area contributed by atoms with Crippen molar-refractivity contribution in [1.82, 2.24) is 14.9 Å². The Labute approximate surface area is 191 Å². The number of benzene rings is 1. The van der Waals surface area contributed by atoms with Crippen molar-refractivity contribution in [3.8, 4) is 0 Å². The summed E-state index contributed by atoms with van der Waals surface area (Å²) in [7, 11) is 0. The highest BCUT2D eigenvalue weighted by Gasteiger charge is 2.21. The Balaban J connectivity index is 1.88. The minimum Gasteiger partial charge on any atom is -0.462 e. The van der Waals surface area contributed by atoms with Gasteiger partial charge in [-0.05, 0) is 37.8 Å². The molecular weight excluding hydrogens is 426 g/mol. The Morgan fingerprint density at radius 2 is 2.09 bits per heavy atom. The maximum atomic E-state index is 12.8. The van der Waals surface area contributed by atoms with Crippen molar-refractivity contribution in [1.29, 1.82) is 0 Å². The monoisotopic (exact) mass is 455 g/mol. The van der Waals surface area contributed by atoms with Gasteiger partial charge in [0, 0.05) is 13.1 Å². The van der Waals surface area contributed by atoms with Gasteiger partial charge in [-0.1, -0.05) is 36.4 Å². The number of H-pyrrole nitrogens is 1. The van der Waals surface area contributed by atoms with Gasteiger partial charge in [-0.2, -0.15) is 0 Å². The number of hydrogen-bond donors (Lipinski definition) is 2. The topological polar surface area (TPSA) is 95.5 Å². The number of aliphatic hydroxyl groups excluding tert-OH is 1. The number of carbonyl (C=O) groups is 1. The molecule has 0 radical (unpaired) electrons. The van der Waals surface area contributed by atoms with Crippen LogP contribution in [-0.4, -0.2) is 45.2 Å². The first-order valence-corrected chi connectivity index (χ1v) is 11.5. The van der Waals surface area contributed by atoms with E-state index in [0.717, 1.165) is 12.0 Å². The molecule has 0 spiro atoms. The predicted octanol–water partition coefficient (Wildman–Crippen LogP) is 3.80. The van der Waals surface area contributed by atoms with Crippen LogP contribution >= 0.6 is 11.3 Å². The second-order valence-corrected chi connectivity index (χ2v) is 8.64. The van der Waals surface area contributed by atoms with E-state index < -0.39 is 12.1 Å². The fraction of sp³-hybridized carbons (Fsp3) is 0.375. The number of ether oxygens (including phenoxy) is 1. The van der Waals surface area contributed by atoms with Crippen LogP contribution in [0.5, 0.6) is 0 Å². The van der Waals surface area contributed by atoms with Gasteiger partial charge in [-0.15, -0.1) is 17.9 Å². The predicted molar refractivity (Wildman–Crippen MR) is 127 cm³/mol. The Hall–Kier alpha value is -2.81. The number of hydrogen-bond acceptors (Lipinski definition) is 7. The summed E-state index contributed by atoms with van der Waals surface area (Å²) in [4.78, 5) is 35.5. The van der Waals surface area contributed by atoms with Crippen LogP contribution < -0.4 is 5.56 Å². The molecule has 170 valence electrons. The number of aliphatic hydroxyl groups is 1. The molecule has 0 aliphatic rings. The van der Waals surface area contributed by atoms with E-state index in [1.54, 1.807) is 19.9 Å². The fourth-order valence-electron chi connectivity index (χ4n) is 3.59. The lowest BCUT2D eigenvalue weighted by Gasteiger charge is -2.24. The van der Waals surface area contributed by atoms with Gasteiger partial charge in [-0.25, -0.2) is 9.78 Å². The van der Waals surface area contributed by atoms with Crippen LogP contribution in [0.25, 0.3) is 10.2 Å². The van der Waals surface area contributed by atoms with Crippen LogP contribution in [0.3, 0.4) is 0 Å². The van der Waals surface area contributed by atoms with Gasteiger partial charge in [0.25, 0.3) is 5.56 Å². The first-order chi connectivity index (χ1) is 15.4. The lowest BCUT2D eigenvalue weighted by atomic mass is 10.1. The fourth-order valence-corrected chi connectivity index (χ4v) is 4.69. The average Bonchev–Trinajstić information content (AvgIpc) is 3.10. The molecule has 3 rings (SSSR count). The normalized spacial score (nSPS) is 12.2. The van der Waals surface area contributed by atoms with Crippen molar-refractivity contribution in [3.05, 3.63) is 75.2 Å². The average molecular weight is 456 g/mol. The lowest BCUT2D eigenvalue weighted by molar-refractivity contribution is 0.0531. The van der Waals surface area contributed by atoms with Crippen LogP contribution in [0.2, 0.25) is 0 Å². The van der Waals surface area contributed by atoms with E-state index in [0.29, 0.717) is 52.5 Å². The summed E-state index contributed by atoms with van der Waals surface area (Å²) in [6, 6.07) is 9.95. The number of rotatable bonds is 11. The number of aromatic amines is 1. The van der Waals surface area contributed by atoms with Gasteiger partial charge in [0.15, 0.2) is 0 Å². The molecule has 1 unspecified atom stereocenters. The molecule has 0 amide bonds. The van der Waals surface area contributed by atoms with Gasteiger partial charge in [0.1, 0.15) is 15.5 Å². The minimum atomic E-state index is -0.522. The summed E-state index contributed by atoms with van der Waals surface area (Å²) < 4.78 is 5.10. The van der Waals surface area contributed by atoms with Gasteiger partial charge in [0.05, 0.1) is 24.6 Å². The first-order valence-electron chi connectivity index (χ1n) is 10.7. The van der Waals surface area contributed by atoms with Crippen LogP contribution in [0.1, 0.15) is 46.4 Å². The van der Waals surface area contributed by atoms with Gasteiger partial charge in [-0.3, -0.25) is 9.69 Å². The quantitative estimate of drug-likeness (QED) is 0.337. The van der Waals surface area contributed by atoms with E-state index in [2.05, 4.69) is 21.4 Å². The lowest BCUT2D eigenvalue weighted by Crippen LogP contribution is -2.33. The molecule has 3 aromatic rings. The third kappa shape index (κ3) is 5.91. The molecule has 0 aliphatic heterocycles. The molecule has 0 bridgehead atoms. The maximum Gasteiger partial charge on any atom is 0.348 e. The van der Waals surface area contributed by atoms with Crippen LogP contribution in [0.15, 0.2) is 47.8 Å². The molecule has 0 saturated carbocycles. The van der Waals surface area contributed by atoms with E-state index >= 15 is 0 Å². The molecule has 1 aromatic carbocycles. The van der Waals surface area contributed by atoms with Crippen molar-refractivity contribution < 1.29 is 14.6 Å². The third-order valence-electron chi connectivity index (χ3n) is 5.11. The first kappa shape index (κ1) is 23.8. The molecule has 8 heteroatoms. The highest BCUT2D eigenvalue weighted by atomic mass is 32.1. The summed E-state index contributed by atoms with van der Waals surface area (Å²) in [6.45, 7) is 8.85. The van der Waals surface area contributed by atoms with Crippen LogP contribution in [0.4, 0.5) is 0 Å². The van der Waals surface area contributed by atoms with Crippen molar-refractivity contribution >= 4 is 27.5 Å². The van der Waals surface area contributed by atoms with Crippen molar-refractivity contribution in [2.75, 3.05) is 13.2 Å². The van der Waals surface area contributed by atoms with Crippen LogP contribution in [0, 0.1) is 6.92 Å². The third-order valence-corrected chi connectivity index (χ3v) is 6.27. The number of allylic oxidation sites excluding steroid dienone is 1. The zero-order valence-electron chi connectivity index (χ0n) is 18.5. The van der Waals surface area contributed by atoms with E-state index in [9.17, 15) is 14.7 Å². The van der Waals surface area contributed by atoms with Gasteiger partial charge >= 0.3 is 5.97 Å². The summed E-state index contributed by atoms with van der Waals surface area (Å²) in [6.07, 6.45) is 2.61. The van der Waals surface area contributed by atoms with E-state index in [1.165, 1.54) is 11.3 Å². The van der Waals surface area contributed by atoms with E-state index in [1.807, 2.05) is 30.3 Å². The molecule has 0 fully saturated rings. The zero-order chi connectivity index (χ0) is 23.1. The number of carbonyl (C=O) groups excluding carboxylic acids is 1. The molecule has 0 aliphatic carbocycles. The Bertz CT molecular complexity index is 1120. The SMILES string of the molecule is C=CCCC(O)CN(Cc1ccccc1)Cc1nc2sc(C(=O)OCC)c(C)c2c(=O)[nH]1. The molecule has 32 heavy (non-hydrogen) atoms. The standard InChI is InChI=1S/C24H29N3O4S/c1-4-6-12-18(28)14-27(13-17-10-8-7-9-11-17)15-19-25-22(29)20-16(3)21(24(30)31-5-2)32-23(20)26-19/h4,7-11,18,28H,1,5-6,12-15H2,2-3H3,(H,25,26,29). The van der Waals surface area contributed by atoms with E-state index in [-0.39, 0.29) is 12.2 Å². The molecular formula is C24H29N3O4S. The number of nitrogens with zero attached hydrogens (tertiary/aromatic N) is 2. The highest BCUT2D eigenvalue weighted by Crippen LogP contribution is 2.27. The number of thiophene rings is 1. The second-order valence-electron chi connectivity index (χ2n) is 7.64. The summed E-state index contributed by atoms with van der Waals surface area (Å²) in [5.74, 6) is 0.0519. The zero-order valence-corrected chi connectivity index (χ0v) is 19.3. The second kappa shape index (κ2) is 11.2. The smallest absolute Gasteiger partial charge is 0.348 e. The molecule has 1 atom stereocenters. The van der Waals surface area contributed by atoms with Gasteiger partial charge < -0.3 is 14.8 Å². The molecule has 2 N–H and O–H groups in total. The number of nitrogens with one attached hydrogen (secondary N) is 1.